The number of para-hydroxylation sites is 5. The third-order valence-electron chi connectivity index (χ3n) is 8.71. The van der Waals surface area contributed by atoms with Crippen LogP contribution in [0.25, 0.3) is 22.8 Å². The van der Waals surface area contributed by atoms with Gasteiger partial charge >= 0.3 is 0 Å². The summed E-state index contributed by atoms with van der Waals surface area (Å²) in [5.74, 6) is 2.23. The van der Waals surface area contributed by atoms with E-state index < -0.39 is 0 Å². The number of benzene rings is 5. The maximum Gasteiger partial charge on any atom is 0.163 e. The normalized spacial score (nSPS) is 13.2. The molecule has 0 N–H and O–H groups in total. The van der Waals surface area contributed by atoms with Crippen LogP contribution in [-0.4, -0.2) is 21.0 Å². The Morgan fingerprint density at radius 1 is 0.533 bits per heavy atom. The number of hydrogen-bond donors (Lipinski definition) is 0. The number of hydrogen-bond acceptors (Lipinski definition) is 5. The maximum absolute atomic E-state index is 5.06. The highest BCUT2D eigenvalue weighted by molar-refractivity contribution is 5.97. The average Bonchev–Trinajstić information content (AvgIpc) is 3.10. The van der Waals surface area contributed by atoms with Crippen LogP contribution in [0.4, 0.5) is 28.4 Å². The van der Waals surface area contributed by atoms with Crippen LogP contribution in [0.3, 0.4) is 0 Å². The van der Waals surface area contributed by atoms with Gasteiger partial charge in [0, 0.05) is 28.3 Å². The molecule has 0 saturated heterocycles. The summed E-state index contributed by atoms with van der Waals surface area (Å²) in [5.41, 5.74) is 7.65. The summed E-state index contributed by atoms with van der Waals surface area (Å²) in [5, 5.41) is 0. The van der Waals surface area contributed by atoms with Crippen LogP contribution in [0.1, 0.15) is 39.4 Å². The third-order valence-corrected chi connectivity index (χ3v) is 8.71. The van der Waals surface area contributed by atoms with Gasteiger partial charge in [0.05, 0.1) is 22.7 Å². The first-order valence-corrected chi connectivity index (χ1v) is 15.7. The molecule has 0 fully saturated rings. The van der Waals surface area contributed by atoms with Gasteiger partial charge in [0.2, 0.25) is 0 Å². The number of nitrogens with zero attached hydrogens (tertiary/aromatic N) is 5. The van der Waals surface area contributed by atoms with Gasteiger partial charge in [-0.2, -0.15) is 0 Å². The molecule has 5 heteroatoms. The van der Waals surface area contributed by atoms with Crippen LogP contribution in [-0.2, 0) is 5.41 Å². The van der Waals surface area contributed by atoms with E-state index in [2.05, 4.69) is 134 Å². The largest absolute Gasteiger partial charge is 0.335 e. The van der Waals surface area contributed by atoms with Gasteiger partial charge in [-0.25, -0.2) is 15.0 Å². The second-order valence-electron chi connectivity index (χ2n) is 12.3. The lowest BCUT2D eigenvalue weighted by Gasteiger charge is -2.43. The second kappa shape index (κ2) is 12.0. The monoisotopic (exact) mass is 587 g/mol. The van der Waals surface area contributed by atoms with Gasteiger partial charge in [-0.1, -0.05) is 117 Å². The van der Waals surface area contributed by atoms with Gasteiger partial charge in [-0.15, -0.1) is 0 Å². The number of fused-ring (bicyclic) bond motifs is 2. The van der Waals surface area contributed by atoms with Crippen LogP contribution in [0.15, 0.2) is 140 Å². The molecule has 222 valence electrons. The van der Waals surface area contributed by atoms with E-state index in [0.717, 1.165) is 35.5 Å². The van der Waals surface area contributed by atoms with Crippen LogP contribution in [0, 0.1) is 0 Å². The van der Waals surface area contributed by atoms with Gasteiger partial charge in [0.1, 0.15) is 5.82 Å². The van der Waals surface area contributed by atoms with E-state index in [1.165, 1.54) is 22.7 Å². The number of aromatic nitrogens is 3. The highest BCUT2D eigenvalue weighted by Gasteiger charge is 2.33. The molecular formula is C40H37N5. The summed E-state index contributed by atoms with van der Waals surface area (Å²) in [6.45, 7) is 6.85. The fraction of sp³-hybridized carbons (Fsp3) is 0.175. The molecule has 45 heavy (non-hydrogen) atoms. The molecule has 2 heterocycles. The van der Waals surface area contributed by atoms with Crippen molar-refractivity contribution < 1.29 is 0 Å². The topological polar surface area (TPSA) is 45.2 Å². The van der Waals surface area contributed by atoms with Crippen molar-refractivity contribution in [2.75, 3.05) is 9.80 Å². The van der Waals surface area contributed by atoms with Crippen molar-refractivity contribution in [1.82, 2.24) is 15.0 Å². The van der Waals surface area contributed by atoms with Crippen LogP contribution < -0.4 is 9.80 Å². The van der Waals surface area contributed by atoms with Crippen molar-refractivity contribution in [3.8, 4) is 22.8 Å². The Hall–Kier alpha value is -5.29. The smallest absolute Gasteiger partial charge is 0.163 e. The van der Waals surface area contributed by atoms with Crippen LogP contribution in [0.2, 0.25) is 0 Å². The summed E-state index contributed by atoms with van der Waals surface area (Å²) < 4.78 is 0. The van der Waals surface area contributed by atoms with Gasteiger partial charge in [-0.3, -0.25) is 0 Å². The molecule has 1 aromatic heterocycles. The van der Waals surface area contributed by atoms with Crippen molar-refractivity contribution in [3.63, 3.8) is 0 Å². The van der Waals surface area contributed by atoms with Crippen LogP contribution in [0.5, 0.6) is 0 Å². The lowest BCUT2D eigenvalue weighted by atomic mass is 9.84. The lowest BCUT2D eigenvalue weighted by Crippen LogP contribution is -2.35. The quantitative estimate of drug-likeness (QED) is 0.177. The fourth-order valence-electron chi connectivity index (χ4n) is 6.23. The maximum atomic E-state index is 5.06. The molecule has 6 aromatic rings. The highest BCUT2D eigenvalue weighted by atomic mass is 15.3. The zero-order valence-electron chi connectivity index (χ0n) is 26.0. The SMILES string of the molecule is CC(CCC(C)(C)c1nc(-c2ccccc2)nc(-c2ccccc2)n1)N1c2ccccc2N(c2ccccc2)c2ccccc21. The first-order valence-electron chi connectivity index (χ1n) is 15.7. The Kier molecular flexibility index (Phi) is 7.60. The predicted octanol–water partition coefficient (Wildman–Crippen LogP) is 10.3. The van der Waals surface area contributed by atoms with Crippen molar-refractivity contribution in [2.45, 2.75) is 45.1 Å². The minimum atomic E-state index is -0.283. The average molecular weight is 588 g/mol. The van der Waals surface area contributed by atoms with Crippen molar-refractivity contribution in [1.29, 1.82) is 0 Å². The molecule has 1 atom stereocenters. The van der Waals surface area contributed by atoms with E-state index in [1.807, 2.05) is 36.4 Å². The first kappa shape index (κ1) is 28.5. The molecular weight excluding hydrogens is 550 g/mol. The van der Waals surface area contributed by atoms with Gasteiger partial charge in [-0.05, 0) is 56.2 Å². The Morgan fingerprint density at radius 2 is 0.956 bits per heavy atom. The zero-order chi connectivity index (χ0) is 30.8. The molecule has 5 aromatic carbocycles. The van der Waals surface area contributed by atoms with Gasteiger partial charge < -0.3 is 9.80 Å². The lowest BCUT2D eigenvalue weighted by molar-refractivity contribution is 0.414. The molecule has 0 radical (unpaired) electrons. The van der Waals surface area contributed by atoms with E-state index >= 15 is 0 Å². The Bertz CT molecular complexity index is 1800. The minimum Gasteiger partial charge on any atom is -0.335 e. The Balaban J connectivity index is 1.22. The third kappa shape index (κ3) is 5.58. The molecule has 1 unspecified atom stereocenters. The van der Waals surface area contributed by atoms with Crippen LogP contribution >= 0.6 is 0 Å². The molecule has 0 spiro atoms. The molecule has 0 amide bonds. The summed E-state index contributed by atoms with van der Waals surface area (Å²) >= 11 is 0. The minimum absolute atomic E-state index is 0.230. The molecule has 1 aliphatic heterocycles. The molecule has 7 rings (SSSR count). The first-order chi connectivity index (χ1) is 22.0. The van der Waals surface area contributed by atoms with E-state index in [0.29, 0.717) is 11.6 Å². The molecule has 1 aliphatic rings. The van der Waals surface area contributed by atoms with Crippen molar-refractivity contribution in [3.05, 3.63) is 145 Å². The van der Waals surface area contributed by atoms with E-state index in [9.17, 15) is 0 Å². The summed E-state index contributed by atoms with van der Waals surface area (Å²) in [6, 6.07) is 48.7. The van der Waals surface area contributed by atoms with E-state index in [-0.39, 0.29) is 11.5 Å². The molecule has 0 bridgehead atoms. The predicted molar refractivity (Wildman–Crippen MR) is 186 cm³/mol. The summed E-state index contributed by atoms with van der Waals surface area (Å²) in [7, 11) is 0. The number of rotatable bonds is 8. The summed E-state index contributed by atoms with van der Waals surface area (Å²) in [4.78, 5) is 19.9. The summed E-state index contributed by atoms with van der Waals surface area (Å²) in [6.07, 6.45) is 1.86. The van der Waals surface area contributed by atoms with Gasteiger partial charge in [0.25, 0.3) is 0 Å². The molecule has 0 aliphatic carbocycles. The standard InChI is InChI=1S/C40H37N5/c1-29(44-33-23-13-15-25-35(33)45(32-21-11-6-12-22-32)36-26-16-14-24-34(36)44)27-28-40(2,3)39-42-37(30-17-7-4-8-18-30)41-38(43-39)31-19-9-5-10-20-31/h4-26,29H,27-28H2,1-3H3. The highest BCUT2D eigenvalue weighted by Crippen LogP contribution is 2.52. The van der Waals surface area contributed by atoms with E-state index in [1.54, 1.807) is 0 Å². The van der Waals surface area contributed by atoms with Crippen molar-refractivity contribution in [2.24, 2.45) is 0 Å². The Morgan fingerprint density at radius 3 is 1.44 bits per heavy atom. The van der Waals surface area contributed by atoms with Crippen molar-refractivity contribution >= 4 is 28.4 Å². The Labute approximate surface area is 265 Å². The van der Waals surface area contributed by atoms with Gasteiger partial charge in [0.15, 0.2) is 11.6 Å². The molecule has 5 nitrogen and oxygen atoms in total. The fourth-order valence-corrected chi connectivity index (χ4v) is 6.23. The second-order valence-corrected chi connectivity index (χ2v) is 12.3. The number of anilines is 5. The zero-order valence-corrected chi connectivity index (χ0v) is 26.0. The molecule has 0 saturated carbocycles. The van der Waals surface area contributed by atoms with E-state index in [4.69, 9.17) is 15.0 Å².